The highest BCUT2D eigenvalue weighted by Crippen LogP contribution is 2.36. The SMILES string of the molecule is CCOC(=O)c1ccc(NC(=O)CC2C(=O)N(CCc3ccc(OC)cc3)c3nc4ccccc4n32)cc1. The summed E-state index contributed by atoms with van der Waals surface area (Å²) in [5.41, 5.74) is 3.57. The van der Waals surface area contributed by atoms with Gasteiger partial charge < -0.3 is 14.8 Å². The number of rotatable bonds is 9. The first-order valence-corrected chi connectivity index (χ1v) is 12.5. The summed E-state index contributed by atoms with van der Waals surface area (Å²) < 4.78 is 12.1. The molecule has 0 spiro atoms. The Balaban J connectivity index is 1.33. The Hall–Kier alpha value is -4.66. The molecule has 0 bridgehead atoms. The molecule has 0 saturated heterocycles. The molecule has 194 valence electrons. The van der Waals surface area contributed by atoms with Gasteiger partial charge in [-0.3, -0.25) is 19.1 Å². The maximum absolute atomic E-state index is 13.6. The van der Waals surface area contributed by atoms with Gasteiger partial charge in [-0.2, -0.15) is 0 Å². The van der Waals surface area contributed by atoms with Crippen LogP contribution in [0.2, 0.25) is 0 Å². The molecule has 9 heteroatoms. The summed E-state index contributed by atoms with van der Waals surface area (Å²) in [4.78, 5) is 44.9. The van der Waals surface area contributed by atoms with Crippen molar-refractivity contribution in [3.63, 3.8) is 0 Å². The van der Waals surface area contributed by atoms with E-state index >= 15 is 0 Å². The molecule has 1 aromatic heterocycles. The molecule has 4 aromatic rings. The van der Waals surface area contributed by atoms with Crippen molar-refractivity contribution in [2.24, 2.45) is 0 Å². The third-order valence-electron chi connectivity index (χ3n) is 6.52. The van der Waals surface area contributed by atoms with Crippen molar-refractivity contribution >= 4 is 40.5 Å². The van der Waals surface area contributed by atoms with Crippen LogP contribution in [0.25, 0.3) is 11.0 Å². The summed E-state index contributed by atoms with van der Waals surface area (Å²) in [6, 6.07) is 21.1. The number of esters is 1. The molecule has 1 N–H and O–H groups in total. The van der Waals surface area contributed by atoms with Crippen LogP contribution in [0.5, 0.6) is 5.75 Å². The van der Waals surface area contributed by atoms with E-state index in [1.165, 1.54) is 0 Å². The predicted molar refractivity (Wildman–Crippen MR) is 143 cm³/mol. The first-order valence-electron chi connectivity index (χ1n) is 12.5. The predicted octanol–water partition coefficient (Wildman–Crippen LogP) is 4.38. The van der Waals surface area contributed by atoms with Gasteiger partial charge in [-0.1, -0.05) is 24.3 Å². The lowest BCUT2D eigenvalue weighted by molar-refractivity contribution is -0.124. The van der Waals surface area contributed by atoms with Gasteiger partial charge in [-0.25, -0.2) is 9.78 Å². The topological polar surface area (TPSA) is 103 Å². The zero-order valence-corrected chi connectivity index (χ0v) is 21.2. The van der Waals surface area contributed by atoms with E-state index in [1.54, 1.807) is 43.2 Å². The number of para-hydroxylation sites is 2. The number of fused-ring (bicyclic) bond motifs is 3. The molecule has 1 aliphatic rings. The highest BCUT2D eigenvalue weighted by molar-refractivity contribution is 6.05. The fourth-order valence-corrected chi connectivity index (χ4v) is 4.63. The number of nitrogens with one attached hydrogen (secondary N) is 1. The second-order valence-electron chi connectivity index (χ2n) is 8.92. The van der Waals surface area contributed by atoms with Crippen molar-refractivity contribution < 1.29 is 23.9 Å². The van der Waals surface area contributed by atoms with Crippen LogP contribution in [0.15, 0.2) is 72.8 Å². The van der Waals surface area contributed by atoms with E-state index < -0.39 is 12.0 Å². The summed E-state index contributed by atoms with van der Waals surface area (Å²) >= 11 is 0. The van der Waals surface area contributed by atoms with Gasteiger partial charge in [0.2, 0.25) is 11.9 Å². The Morgan fingerprint density at radius 2 is 1.74 bits per heavy atom. The monoisotopic (exact) mass is 512 g/mol. The number of nitrogens with zero attached hydrogens (tertiary/aromatic N) is 3. The summed E-state index contributed by atoms with van der Waals surface area (Å²) in [6.45, 7) is 2.46. The number of benzene rings is 3. The number of carbonyl (C=O) groups excluding carboxylic acids is 3. The van der Waals surface area contributed by atoms with Gasteiger partial charge in [0.15, 0.2) is 0 Å². The molecule has 38 heavy (non-hydrogen) atoms. The second-order valence-corrected chi connectivity index (χ2v) is 8.92. The van der Waals surface area contributed by atoms with Crippen molar-refractivity contribution in [3.05, 3.63) is 83.9 Å². The third-order valence-corrected chi connectivity index (χ3v) is 6.52. The molecule has 2 heterocycles. The Labute approximate surface area is 220 Å². The lowest BCUT2D eigenvalue weighted by Crippen LogP contribution is -2.33. The lowest BCUT2D eigenvalue weighted by Gasteiger charge is -2.16. The van der Waals surface area contributed by atoms with E-state index in [0.29, 0.717) is 30.2 Å². The molecule has 1 atom stereocenters. The van der Waals surface area contributed by atoms with Crippen LogP contribution in [-0.2, 0) is 20.7 Å². The Morgan fingerprint density at radius 1 is 1.00 bits per heavy atom. The molecule has 0 aliphatic carbocycles. The minimum absolute atomic E-state index is 0.0507. The Kier molecular flexibility index (Phi) is 7.08. The second kappa shape index (κ2) is 10.8. The van der Waals surface area contributed by atoms with Gasteiger partial charge in [-0.05, 0) is 67.4 Å². The number of amides is 2. The summed E-state index contributed by atoms with van der Waals surface area (Å²) in [6.07, 6.45) is 0.579. The van der Waals surface area contributed by atoms with Crippen LogP contribution in [0.1, 0.15) is 35.3 Å². The fourth-order valence-electron chi connectivity index (χ4n) is 4.63. The number of carbonyl (C=O) groups is 3. The Bertz CT molecular complexity index is 1480. The number of hydrogen-bond donors (Lipinski definition) is 1. The number of ether oxygens (including phenoxy) is 2. The molecule has 5 rings (SSSR count). The van der Waals surface area contributed by atoms with Gasteiger partial charge in [-0.15, -0.1) is 0 Å². The molecule has 1 unspecified atom stereocenters. The van der Waals surface area contributed by atoms with Gasteiger partial charge in [0, 0.05) is 12.2 Å². The number of methoxy groups -OCH3 is 1. The zero-order chi connectivity index (χ0) is 26.6. The van der Waals surface area contributed by atoms with E-state index in [0.717, 1.165) is 22.3 Å². The van der Waals surface area contributed by atoms with E-state index in [1.807, 2.05) is 53.1 Å². The van der Waals surface area contributed by atoms with Gasteiger partial charge >= 0.3 is 5.97 Å². The molecule has 0 saturated carbocycles. The largest absolute Gasteiger partial charge is 0.497 e. The maximum atomic E-state index is 13.6. The molecule has 3 aromatic carbocycles. The minimum atomic E-state index is -0.716. The van der Waals surface area contributed by atoms with Crippen LogP contribution in [0, 0.1) is 0 Å². The quantitative estimate of drug-likeness (QED) is 0.334. The molecular formula is C29H28N4O5. The van der Waals surface area contributed by atoms with Crippen molar-refractivity contribution in [1.82, 2.24) is 9.55 Å². The van der Waals surface area contributed by atoms with Crippen molar-refractivity contribution in [2.75, 3.05) is 30.5 Å². The maximum Gasteiger partial charge on any atom is 0.338 e. The number of aromatic nitrogens is 2. The van der Waals surface area contributed by atoms with Crippen molar-refractivity contribution in [2.45, 2.75) is 25.8 Å². The van der Waals surface area contributed by atoms with E-state index in [9.17, 15) is 14.4 Å². The number of hydrogen-bond acceptors (Lipinski definition) is 6. The molecule has 0 fully saturated rings. The van der Waals surface area contributed by atoms with Crippen LogP contribution >= 0.6 is 0 Å². The normalized spacial score (nSPS) is 14.4. The average Bonchev–Trinajstić information content (AvgIpc) is 3.42. The smallest absolute Gasteiger partial charge is 0.338 e. The zero-order valence-electron chi connectivity index (χ0n) is 21.2. The minimum Gasteiger partial charge on any atom is -0.497 e. The van der Waals surface area contributed by atoms with Crippen LogP contribution < -0.4 is 15.0 Å². The molecule has 2 amide bonds. The van der Waals surface area contributed by atoms with E-state index in [4.69, 9.17) is 14.5 Å². The first-order chi connectivity index (χ1) is 18.5. The van der Waals surface area contributed by atoms with Crippen molar-refractivity contribution in [3.8, 4) is 5.75 Å². The summed E-state index contributed by atoms with van der Waals surface area (Å²) in [5, 5.41) is 2.83. The average molecular weight is 513 g/mol. The van der Waals surface area contributed by atoms with Crippen LogP contribution in [-0.4, -0.2) is 47.6 Å². The first kappa shape index (κ1) is 25.0. The van der Waals surface area contributed by atoms with Crippen LogP contribution in [0.4, 0.5) is 11.6 Å². The summed E-state index contributed by atoms with van der Waals surface area (Å²) in [7, 11) is 1.62. The summed E-state index contributed by atoms with van der Waals surface area (Å²) in [5.74, 6) is 0.416. The highest BCUT2D eigenvalue weighted by atomic mass is 16.5. The molecule has 9 nitrogen and oxygen atoms in total. The molecule has 1 aliphatic heterocycles. The van der Waals surface area contributed by atoms with Crippen LogP contribution in [0.3, 0.4) is 0 Å². The van der Waals surface area contributed by atoms with Gasteiger partial charge in [0.05, 0.1) is 36.7 Å². The molecular weight excluding hydrogens is 484 g/mol. The number of anilines is 2. The third kappa shape index (κ3) is 4.95. The van der Waals surface area contributed by atoms with Gasteiger partial charge in [0.25, 0.3) is 5.91 Å². The standard InChI is InChI=1S/C29H28N4O5/c1-3-38-28(36)20-10-12-21(13-11-20)30-26(34)18-25-27(35)32(17-16-19-8-14-22(37-2)15-9-19)29-31-23-6-4-5-7-24(23)33(25)29/h4-15,25H,3,16-18H2,1-2H3,(H,30,34). The van der Waals surface area contributed by atoms with Gasteiger partial charge in [0.1, 0.15) is 11.8 Å². The highest BCUT2D eigenvalue weighted by Gasteiger charge is 2.40. The van der Waals surface area contributed by atoms with Crippen molar-refractivity contribution in [1.29, 1.82) is 0 Å². The Morgan fingerprint density at radius 3 is 2.45 bits per heavy atom. The molecule has 0 radical (unpaired) electrons. The fraction of sp³-hybridized carbons (Fsp3) is 0.241. The number of imidazole rings is 1. The lowest BCUT2D eigenvalue weighted by atomic mass is 10.1. The van der Waals surface area contributed by atoms with E-state index in [2.05, 4.69) is 5.32 Å². The van der Waals surface area contributed by atoms with E-state index in [-0.39, 0.29) is 24.8 Å².